The highest BCUT2D eigenvalue weighted by molar-refractivity contribution is 5.89. The quantitative estimate of drug-likeness (QED) is 0.874. The van der Waals surface area contributed by atoms with Gasteiger partial charge in [0.25, 0.3) is 0 Å². The average molecular weight is 385 g/mol. The maximum atomic E-state index is 12.6. The average Bonchev–Trinajstić information content (AvgIpc) is 3.26. The first-order valence-corrected chi connectivity index (χ1v) is 9.68. The molecule has 2 aliphatic rings. The fourth-order valence-electron chi connectivity index (χ4n) is 4.43. The summed E-state index contributed by atoms with van der Waals surface area (Å²) in [6.07, 6.45) is 2.98. The van der Waals surface area contributed by atoms with Crippen molar-refractivity contribution in [2.75, 3.05) is 39.1 Å². The zero-order chi connectivity index (χ0) is 19.7. The molecule has 2 aromatic rings. The number of hydrogen-bond acceptors (Lipinski definition) is 6. The van der Waals surface area contributed by atoms with Gasteiger partial charge < -0.3 is 19.5 Å². The number of aromatic nitrogens is 2. The van der Waals surface area contributed by atoms with Gasteiger partial charge in [0.15, 0.2) is 5.82 Å². The van der Waals surface area contributed by atoms with Gasteiger partial charge in [-0.05, 0) is 56.0 Å². The molecule has 0 bridgehead atoms. The number of aryl methyl sites for hydroxylation is 1. The first-order chi connectivity index (χ1) is 13.5. The van der Waals surface area contributed by atoms with Crippen LogP contribution in [-0.2, 0) is 0 Å². The van der Waals surface area contributed by atoms with Gasteiger partial charge in [-0.2, -0.15) is 4.98 Å². The van der Waals surface area contributed by atoms with Gasteiger partial charge in [0, 0.05) is 32.2 Å². The number of benzene rings is 1. The SMILES string of the molecule is COc1ccc(NC(=O)N2CCC3(CC2)CC(c2noc(C)n2)N(C)C3)cc1. The summed E-state index contributed by atoms with van der Waals surface area (Å²) < 4.78 is 10.3. The van der Waals surface area contributed by atoms with Gasteiger partial charge in [0.1, 0.15) is 5.75 Å². The van der Waals surface area contributed by atoms with Crippen LogP contribution in [0.2, 0.25) is 0 Å². The molecule has 0 radical (unpaired) electrons. The molecule has 4 rings (SSSR count). The van der Waals surface area contributed by atoms with Crippen LogP contribution in [0.25, 0.3) is 0 Å². The lowest BCUT2D eigenvalue weighted by Crippen LogP contribution is -2.45. The summed E-state index contributed by atoms with van der Waals surface area (Å²) >= 11 is 0. The molecule has 2 aliphatic heterocycles. The van der Waals surface area contributed by atoms with Gasteiger partial charge in [-0.1, -0.05) is 5.16 Å². The number of nitrogens with one attached hydrogen (secondary N) is 1. The fraction of sp³-hybridized carbons (Fsp3) is 0.550. The minimum atomic E-state index is -0.0447. The molecule has 2 saturated heterocycles. The van der Waals surface area contributed by atoms with Crippen molar-refractivity contribution in [1.82, 2.24) is 19.9 Å². The summed E-state index contributed by atoms with van der Waals surface area (Å²) in [7, 11) is 3.75. The molecule has 28 heavy (non-hydrogen) atoms. The number of amides is 2. The zero-order valence-electron chi connectivity index (χ0n) is 16.6. The summed E-state index contributed by atoms with van der Waals surface area (Å²) in [5.41, 5.74) is 0.990. The van der Waals surface area contributed by atoms with Crippen LogP contribution in [0.1, 0.15) is 37.0 Å². The van der Waals surface area contributed by atoms with Crippen molar-refractivity contribution in [2.45, 2.75) is 32.2 Å². The number of likely N-dealkylation sites (tertiary alicyclic amines) is 2. The summed E-state index contributed by atoms with van der Waals surface area (Å²) in [4.78, 5) is 21.3. The number of ether oxygens (including phenoxy) is 1. The molecule has 2 amide bonds. The van der Waals surface area contributed by atoms with Crippen LogP contribution in [0.15, 0.2) is 28.8 Å². The lowest BCUT2D eigenvalue weighted by molar-refractivity contribution is 0.128. The predicted octanol–water partition coefficient (Wildman–Crippen LogP) is 3.08. The van der Waals surface area contributed by atoms with E-state index in [1.165, 1.54) is 0 Å². The van der Waals surface area contributed by atoms with Crippen molar-refractivity contribution in [3.63, 3.8) is 0 Å². The second-order valence-corrected chi connectivity index (χ2v) is 7.95. The Morgan fingerprint density at radius 1 is 1.29 bits per heavy atom. The summed E-state index contributed by atoms with van der Waals surface area (Å²) in [6.45, 7) is 4.34. The van der Waals surface area contributed by atoms with E-state index in [0.717, 1.165) is 56.2 Å². The van der Waals surface area contributed by atoms with Crippen LogP contribution in [-0.4, -0.2) is 59.8 Å². The van der Waals surface area contributed by atoms with E-state index in [4.69, 9.17) is 9.26 Å². The van der Waals surface area contributed by atoms with Crippen LogP contribution in [0.5, 0.6) is 5.75 Å². The lowest BCUT2D eigenvalue weighted by Gasteiger charge is -2.39. The van der Waals surface area contributed by atoms with E-state index < -0.39 is 0 Å². The van der Waals surface area contributed by atoms with Gasteiger partial charge in [-0.25, -0.2) is 4.79 Å². The molecular weight excluding hydrogens is 358 g/mol. The smallest absolute Gasteiger partial charge is 0.321 e. The Morgan fingerprint density at radius 2 is 2.00 bits per heavy atom. The van der Waals surface area contributed by atoms with E-state index in [0.29, 0.717) is 5.89 Å². The third-order valence-electron chi connectivity index (χ3n) is 6.04. The molecule has 1 N–H and O–H groups in total. The predicted molar refractivity (Wildman–Crippen MR) is 104 cm³/mol. The first kappa shape index (κ1) is 18.7. The largest absolute Gasteiger partial charge is 0.497 e. The van der Waals surface area contributed by atoms with Crippen molar-refractivity contribution in [3.05, 3.63) is 36.0 Å². The number of nitrogens with zero attached hydrogens (tertiary/aromatic N) is 4. The van der Waals surface area contributed by atoms with Gasteiger partial charge in [0.2, 0.25) is 5.89 Å². The Hall–Kier alpha value is -2.61. The van der Waals surface area contributed by atoms with E-state index in [-0.39, 0.29) is 17.5 Å². The number of methoxy groups -OCH3 is 1. The summed E-state index contributed by atoms with van der Waals surface area (Å²) in [6, 6.07) is 7.54. The Balaban J connectivity index is 1.34. The van der Waals surface area contributed by atoms with Crippen molar-refractivity contribution in [1.29, 1.82) is 0 Å². The van der Waals surface area contributed by atoms with E-state index in [9.17, 15) is 4.79 Å². The van der Waals surface area contributed by atoms with Crippen LogP contribution < -0.4 is 10.1 Å². The summed E-state index contributed by atoms with van der Waals surface area (Å²) in [5, 5.41) is 7.09. The maximum Gasteiger partial charge on any atom is 0.321 e. The van der Waals surface area contributed by atoms with Gasteiger partial charge >= 0.3 is 6.03 Å². The van der Waals surface area contributed by atoms with Crippen LogP contribution in [0, 0.1) is 12.3 Å². The van der Waals surface area contributed by atoms with Gasteiger partial charge in [0.05, 0.1) is 13.2 Å². The standard InChI is InChI=1S/C20H27N5O3/c1-14-21-18(23-28-14)17-12-20(13-24(17)2)8-10-25(11-9-20)19(26)22-15-4-6-16(27-3)7-5-15/h4-7,17H,8-13H2,1-3H3,(H,22,26). The number of hydrogen-bond donors (Lipinski definition) is 1. The molecule has 1 aromatic carbocycles. The first-order valence-electron chi connectivity index (χ1n) is 9.68. The molecule has 1 spiro atoms. The van der Waals surface area contributed by atoms with E-state index in [2.05, 4.69) is 27.4 Å². The van der Waals surface area contributed by atoms with Crippen LogP contribution >= 0.6 is 0 Å². The lowest BCUT2D eigenvalue weighted by atomic mass is 9.76. The number of carbonyl (C=O) groups is 1. The Bertz CT molecular complexity index is 827. The van der Waals surface area contributed by atoms with Crippen LogP contribution in [0.4, 0.5) is 10.5 Å². The number of rotatable bonds is 3. The minimum absolute atomic E-state index is 0.0447. The highest BCUT2D eigenvalue weighted by Crippen LogP contribution is 2.47. The number of carbonyl (C=O) groups excluding carboxylic acids is 1. The molecule has 0 aliphatic carbocycles. The Morgan fingerprint density at radius 3 is 2.61 bits per heavy atom. The van der Waals surface area contributed by atoms with E-state index in [1.807, 2.05) is 36.1 Å². The van der Waals surface area contributed by atoms with E-state index in [1.54, 1.807) is 7.11 Å². The highest BCUT2D eigenvalue weighted by Gasteiger charge is 2.46. The third-order valence-corrected chi connectivity index (χ3v) is 6.04. The van der Waals surface area contributed by atoms with Gasteiger partial charge in [-0.3, -0.25) is 4.90 Å². The molecule has 8 heteroatoms. The molecule has 2 fully saturated rings. The number of anilines is 1. The second-order valence-electron chi connectivity index (χ2n) is 7.95. The molecular formula is C20H27N5O3. The Labute approximate surface area is 164 Å². The number of urea groups is 1. The van der Waals surface area contributed by atoms with Gasteiger partial charge in [-0.15, -0.1) is 0 Å². The molecule has 1 aromatic heterocycles. The molecule has 3 heterocycles. The third kappa shape index (κ3) is 3.69. The summed E-state index contributed by atoms with van der Waals surface area (Å²) in [5.74, 6) is 2.15. The highest BCUT2D eigenvalue weighted by atomic mass is 16.5. The number of piperidine rings is 1. The Kier molecular flexibility index (Phi) is 4.97. The van der Waals surface area contributed by atoms with Crippen LogP contribution in [0.3, 0.4) is 0 Å². The molecule has 0 saturated carbocycles. The van der Waals surface area contributed by atoms with E-state index >= 15 is 0 Å². The molecule has 150 valence electrons. The monoisotopic (exact) mass is 385 g/mol. The minimum Gasteiger partial charge on any atom is -0.497 e. The fourth-order valence-corrected chi connectivity index (χ4v) is 4.43. The normalized spacial score (nSPS) is 21.8. The van der Waals surface area contributed by atoms with Crippen molar-refractivity contribution >= 4 is 11.7 Å². The molecule has 1 unspecified atom stereocenters. The van der Waals surface area contributed by atoms with Crippen molar-refractivity contribution in [3.8, 4) is 5.75 Å². The molecule has 1 atom stereocenters. The molecule has 8 nitrogen and oxygen atoms in total. The zero-order valence-corrected chi connectivity index (χ0v) is 16.6. The van der Waals surface area contributed by atoms with Crippen molar-refractivity contribution in [2.24, 2.45) is 5.41 Å². The second kappa shape index (κ2) is 7.43. The topological polar surface area (TPSA) is 83.7 Å². The van der Waals surface area contributed by atoms with Crippen molar-refractivity contribution < 1.29 is 14.1 Å². The maximum absolute atomic E-state index is 12.6.